The van der Waals surface area contributed by atoms with Crippen LogP contribution in [0.3, 0.4) is 0 Å². The highest BCUT2D eigenvalue weighted by molar-refractivity contribution is 5.78. The molecule has 4 heteroatoms. The van der Waals surface area contributed by atoms with Gasteiger partial charge >= 0.3 is 0 Å². The van der Waals surface area contributed by atoms with Crippen LogP contribution in [0, 0.1) is 0 Å². The van der Waals surface area contributed by atoms with Crippen LogP contribution in [0.25, 0.3) is 0 Å². The molecule has 4 nitrogen and oxygen atoms in total. The second-order valence-corrected chi connectivity index (χ2v) is 4.61. The molecule has 1 unspecified atom stereocenters. The van der Waals surface area contributed by atoms with Crippen LogP contribution in [-0.4, -0.2) is 55.0 Å². The van der Waals surface area contributed by atoms with Gasteiger partial charge in [0.25, 0.3) is 0 Å². The SMILES string of the molecule is CCN(C)C(=O)CN1CCCC1CCCN. The van der Waals surface area contributed by atoms with Crippen molar-refractivity contribution in [2.45, 2.75) is 38.6 Å². The minimum absolute atomic E-state index is 0.238. The molecule has 0 saturated carbocycles. The van der Waals surface area contributed by atoms with E-state index in [1.807, 2.05) is 14.0 Å². The Morgan fingerprint density at radius 3 is 2.94 bits per heavy atom. The molecule has 1 fully saturated rings. The largest absolute Gasteiger partial charge is 0.345 e. The number of nitrogens with two attached hydrogens (primary N) is 1. The van der Waals surface area contributed by atoms with Crippen LogP contribution in [-0.2, 0) is 4.79 Å². The van der Waals surface area contributed by atoms with Gasteiger partial charge in [-0.15, -0.1) is 0 Å². The first-order chi connectivity index (χ1) is 7.69. The Kier molecular flexibility index (Phi) is 5.77. The molecule has 2 N–H and O–H groups in total. The van der Waals surface area contributed by atoms with Crippen molar-refractivity contribution in [1.82, 2.24) is 9.80 Å². The van der Waals surface area contributed by atoms with Gasteiger partial charge < -0.3 is 10.6 Å². The van der Waals surface area contributed by atoms with Crippen molar-refractivity contribution >= 4 is 5.91 Å². The average Bonchev–Trinajstić information content (AvgIpc) is 2.72. The van der Waals surface area contributed by atoms with Crippen LogP contribution in [0.1, 0.15) is 32.6 Å². The second-order valence-electron chi connectivity index (χ2n) is 4.61. The first kappa shape index (κ1) is 13.5. The summed E-state index contributed by atoms with van der Waals surface area (Å²) in [5.74, 6) is 0.238. The lowest BCUT2D eigenvalue weighted by Crippen LogP contribution is -2.40. The van der Waals surface area contributed by atoms with Gasteiger partial charge in [0, 0.05) is 19.6 Å². The van der Waals surface area contributed by atoms with Crippen LogP contribution in [0.15, 0.2) is 0 Å². The molecule has 1 heterocycles. The van der Waals surface area contributed by atoms with Gasteiger partial charge in [0.15, 0.2) is 0 Å². The molecule has 1 aliphatic rings. The molecule has 1 aliphatic heterocycles. The Morgan fingerprint density at radius 2 is 2.31 bits per heavy atom. The van der Waals surface area contributed by atoms with E-state index >= 15 is 0 Å². The van der Waals surface area contributed by atoms with Crippen LogP contribution in [0.4, 0.5) is 0 Å². The number of likely N-dealkylation sites (tertiary alicyclic amines) is 1. The van der Waals surface area contributed by atoms with E-state index in [0.29, 0.717) is 12.6 Å². The molecule has 0 aromatic carbocycles. The quantitative estimate of drug-likeness (QED) is 0.725. The summed E-state index contributed by atoms with van der Waals surface area (Å²) in [7, 11) is 1.87. The van der Waals surface area contributed by atoms with Gasteiger partial charge in [-0.3, -0.25) is 9.69 Å². The molecule has 1 atom stereocenters. The van der Waals surface area contributed by atoms with E-state index in [-0.39, 0.29) is 5.91 Å². The molecule has 0 radical (unpaired) electrons. The van der Waals surface area contributed by atoms with Gasteiger partial charge in [-0.1, -0.05) is 0 Å². The number of carbonyl (C=O) groups excluding carboxylic acids is 1. The Morgan fingerprint density at radius 1 is 1.56 bits per heavy atom. The molecule has 94 valence electrons. The molecule has 0 aliphatic carbocycles. The van der Waals surface area contributed by atoms with E-state index in [0.717, 1.165) is 32.5 Å². The Bertz CT molecular complexity index is 220. The van der Waals surface area contributed by atoms with Crippen LogP contribution >= 0.6 is 0 Å². The minimum atomic E-state index is 0.238. The Labute approximate surface area is 98.8 Å². The summed E-state index contributed by atoms with van der Waals surface area (Å²) in [6.07, 6.45) is 4.65. The summed E-state index contributed by atoms with van der Waals surface area (Å²) >= 11 is 0. The third-order valence-electron chi connectivity index (χ3n) is 3.48. The molecule has 0 bridgehead atoms. The standard InChI is InChI=1S/C12H25N3O/c1-3-14(2)12(16)10-15-9-5-7-11(15)6-4-8-13/h11H,3-10,13H2,1-2H3. The maximum absolute atomic E-state index is 11.8. The van der Waals surface area contributed by atoms with Gasteiger partial charge in [-0.25, -0.2) is 0 Å². The fourth-order valence-corrected chi connectivity index (χ4v) is 2.25. The number of likely N-dealkylation sites (N-methyl/N-ethyl adjacent to an activating group) is 1. The van der Waals surface area contributed by atoms with Crippen molar-refractivity contribution in [2.24, 2.45) is 5.73 Å². The fraction of sp³-hybridized carbons (Fsp3) is 0.917. The summed E-state index contributed by atoms with van der Waals surface area (Å²) < 4.78 is 0. The topological polar surface area (TPSA) is 49.6 Å². The predicted octanol–water partition coefficient (Wildman–Crippen LogP) is 0.668. The van der Waals surface area contributed by atoms with E-state index < -0.39 is 0 Å². The lowest BCUT2D eigenvalue weighted by atomic mass is 10.1. The molecule has 16 heavy (non-hydrogen) atoms. The summed E-state index contributed by atoms with van der Waals surface area (Å²) in [5, 5.41) is 0. The van der Waals surface area contributed by atoms with E-state index in [9.17, 15) is 4.79 Å². The zero-order valence-electron chi connectivity index (χ0n) is 10.6. The molecular weight excluding hydrogens is 202 g/mol. The molecule has 1 amide bonds. The van der Waals surface area contributed by atoms with Gasteiger partial charge in [-0.2, -0.15) is 0 Å². The van der Waals surface area contributed by atoms with Gasteiger partial charge in [0.1, 0.15) is 0 Å². The zero-order chi connectivity index (χ0) is 12.0. The third-order valence-corrected chi connectivity index (χ3v) is 3.48. The number of hydrogen-bond donors (Lipinski definition) is 1. The van der Waals surface area contributed by atoms with E-state index in [1.54, 1.807) is 4.90 Å². The van der Waals surface area contributed by atoms with E-state index in [1.165, 1.54) is 12.8 Å². The summed E-state index contributed by atoms with van der Waals surface area (Å²) in [6, 6.07) is 0.581. The number of amides is 1. The second kappa shape index (κ2) is 6.86. The van der Waals surface area contributed by atoms with E-state index in [4.69, 9.17) is 5.73 Å². The molecular formula is C12H25N3O. The van der Waals surface area contributed by atoms with Crippen molar-refractivity contribution in [3.05, 3.63) is 0 Å². The van der Waals surface area contributed by atoms with Crippen molar-refractivity contribution in [1.29, 1.82) is 0 Å². The van der Waals surface area contributed by atoms with Gasteiger partial charge in [-0.05, 0) is 45.7 Å². The monoisotopic (exact) mass is 227 g/mol. The highest BCUT2D eigenvalue weighted by Crippen LogP contribution is 2.20. The van der Waals surface area contributed by atoms with Crippen molar-refractivity contribution in [2.75, 3.05) is 33.2 Å². The molecule has 1 saturated heterocycles. The van der Waals surface area contributed by atoms with E-state index in [2.05, 4.69) is 4.90 Å². The van der Waals surface area contributed by atoms with Crippen LogP contribution < -0.4 is 5.73 Å². The number of nitrogens with zero attached hydrogens (tertiary/aromatic N) is 2. The first-order valence-corrected chi connectivity index (χ1v) is 6.37. The maximum atomic E-state index is 11.8. The van der Waals surface area contributed by atoms with Crippen LogP contribution in [0.2, 0.25) is 0 Å². The van der Waals surface area contributed by atoms with Gasteiger partial charge in [0.2, 0.25) is 5.91 Å². The first-order valence-electron chi connectivity index (χ1n) is 6.37. The maximum Gasteiger partial charge on any atom is 0.236 e. The summed E-state index contributed by atoms with van der Waals surface area (Å²) in [5.41, 5.74) is 5.53. The Hall–Kier alpha value is -0.610. The lowest BCUT2D eigenvalue weighted by molar-refractivity contribution is -0.131. The minimum Gasteiger partial charge on any atom is -0.345 e. The van der Waals surface area contributed by atoms with Crippen molar-refractivity contribution in [3.63, 3.8) is 0 Å². The average molecular weight is 227 g/mol. The van der Waals surface area contributed by atoms with Gasteiger partial charge in [0.05, 0.1) is 6.54 Å². The smallest absolute Gasteiger partial charge is 0.236 e. The number of rotatable bonds is 6. The van der Waals surface area contributed by atoms with Crippen molar-refractivity contribution < 1.29 is 4.79 Å². The molecule has 0 aromatic heterocycles. The van der Waals surface area contributed by atoms with Crippen LogP contribution in [0.5, 0.6) is 0 Å². The lowest BCUT2D eigenvalue weighted by Gasteiger charge is -2.26. The highest BCUT2D eigenvalue weighted by atomic mass is 16.2. The fourth-order valence-electron chi connectivity index (χ4n) is 2.25. The molecule has 0 spiro atoms. The predicted molar refractivity (Wildman–Crippen MR) is 66.2 cm³/mol. The highest BCUT2D eigenvalue weighted by Gasteiger charge is 2.26. The van der Waals surface area contributed by atoms with Crippen molar-refractivity contribution in [3.8, 4) is 0 Å². The number of carbonyl (C=O) groups is 1. The molecule has 0 aromatic rings. The number of hydrogen-bond acceptors (Lipinski definition) is 3. The molecule has 1 rings (SSSR count). The normalized spacial score (nSPS) is 21.3. The summed E-state index contributed by atoms with van der Waals surface area (Å²) in [4.78, 5) is 15.9. The summed E-state index contributed by atoms with van der Waals surface area (Å²) in [6.45, 7) is 5.21. The Balaban J connectivity index is 2.37. The zero-order valence-corrected chi connectivity index (χ0v) is 10.6. The third kappa shape index (κ3) is 3.76.